The van der Waals surface area contributed by atoms with Gasteiger partial charge in [-0.15, -0.1) is 0 Å². The molecule has 29 heavy (non-hydrogen) atoms. The Kier molecular flexibility index (Phi) is 9.04. The van der Waals surface area contributed by atoms with Crippen LogP contribution in [-0.2, 0) is 27.8 Å². The van der Waals surface area contributed by atoms with Gasteiger partial charge in [0.15, 0.2) is 5.96 Å². The molecule has 0 aliphatic heterocycles. The van der Waals surface area contributed by atoms with Crippen LogP contribution < -0.4 is 15.4 Å². The summed E-state index contributed by atoms with van der Waals surface area (Å²) in [5.41, 5.74) is 1.34. The van der Waals surface area contributed by atoms with Crippen LogP contribution >= 0.6 is 0 Å². The van der Waals surface area contributed by atoms with Crippen molar-refractivity contribution >= 4 is 16.0 Å². The van der Waals surface area contributed by atoms with E-state index < -0.39 is 15.8 Å². The average Bonchev–Trinajstić information content (AvgIpc) is 2.72. The van der Waals surface area contributed by atoms with Crippen molar-refractivity contribution in [2.45, 2.75) is 24.4 Å². The van der Waals surface area contributed by atoms with Crippen LogP contribution in [0.1, 0.15) is 17.5 Å². The first-order valence-corrected chi connectivity index (χ1v) is 10.7. The zero-order valence-corrected chi connectivity index (χ0v) is 17.4. The molecule has 0 spiro atoms. The van der Waals surface area contributed by atoms with Crippen molar-refractivity contribution in [1.82, 2.24) is 15.4 Å². The van der Waals surface area contributed by atoms with Gasteiger partial charge >= 0.3 is 0 Å². The van der Waals surface area contributed by atoms with E-state index in [1.54, 1.807) is 38.4 Å². The third-order valence-corrected chi connectivity index (χ3v) is 5.46. The molecule has 2 aromatic rings. The molecule has 0 fully saturated rings. The predicted molar refractivity (Wildman–Crippen MR) is 112 cm³/mol. The SMILES string of the molecule is CN=C(NCCCOC)NCc1cccc(S(=O)(=O)NCc2cccc(F)c2)c1. The molecule has 0 saturated carbocycles. The minimum absolute atomic E-state index is 0.0145. The lowest BCUT2D eigenvalue weighted by Crippen LogP contribution is -2.37. The minimum atomic E-state index is -3.72. The van der Waals surface area contributed by atoms with Crippen LogP contribution in [0, 0.1) is 5.82 Å². The molecule has 2 rings (SSSR count). The van der Waals surface area contributed by atoms with E-state index >= 15 is 0 Å². The van der Waals surface area contributed by atoms with Crippen LogP contribution in [0.2, 0.25) is 0 Å². The van der Waals surface area contributed by atoms with Crippen LogP contribution in [0.3, 0.4) is 0 Å². The van der Waals surface area contributed by atoms with Gasteiger partial charge in [-0.3, -0.25) is 4.99 Å². The van der Waals surface area contributed by atoms with Gasteiger partial charge in [0.2, 0.25) is 10.0 Å². The summed E-state index contributed by atoms with van der Waals surface area (Å²) in [6.07, 6.45) is 0.849. The van der Waals surface area contributed by atoms with E-state index in [1.807, 2.05) is 6.07 Å². The molecule has 9 heteroatoms. The Morgan fingerprint density at radius 2 is 1.79 bits per heavy atom. The molecule has 0 amide bonds. The third-order valence-electron chi connectivity index (χ3n) is 4.07. The summed E-state index contributed by atoms with van der Waals surface area (Å²) in [7, 11) is -0.395. The van der Waals surface area contributed by atoms with E-state index in [0.29, 0.717) is 31.2 Å². The van der Waals surface area contributed by atoms with Gasteiger partial charge in [-0.2, -0.15) is 0 Å². The molecule has 0 radical (unpaired) electrons. The maximum atomic E-state index is 13.3. The first-order valence-electron chi connectivity index (χ1n) is 9.21. The van der Waals surface area contributed by atoms with Crippen LogP contribution in [-0.4, -0.2) is 41.7 Å². The van der Waals surface area contributed by atoms with E-state index in [9.17, 15) is 12.8 Å². The Hall–Kier alpha value is -2.49. The van der Waals surface area contributed by atoms with Gasteiger partial charge in [-0.05, 0) is 41.8 Å². The second-order valence-corrected chi connectivity index (χ2v) is 8.07. The number of benzene rings is 2. The summed E-state index contributed by atoms with van der Waals surface area (Å²) in [6, 6.07) is 12.5. The lowest BCUT2D eigenvalue weighted by Gasteiger charge is -2.13. The Labute approximate surface area is 171 Å². The van der Waals surface area contributed by atoms with Gasteiger partial charge in [0.05, 0.1) is 4.90 Å². The van der Waals surface area contributed by atoms with Gasteiger partial charge in [-0.1, -0.05) is 24.3 Å². The van der Waals surface area contributed by atoms with E-state index in [1.165, 1.54) is 18.2 Å². The number of nitrogens with one attached hydrogen (secondary N) is 3. The van der Waals surface area contributed by atoms with Crippen LogP contribution in [0.4, 0.5) is 4.39 Å². The molecular weight excluding hydrogens is 395 g/mol. The number of hydrogen-bond donors (Lipinski definition) is 3. The van der Waals surface area contributed by atoms with Gasteiger partial charge in [0, 0.05) is 40.4 Å². The minimum Gasteiger partial charge on any atom is -0.385 e. The fraction of sp³-hybridized carbons (Fsp3) is 0.350. The summed E-state index contributed by atoms with van der Waals surface area (Å²) in [6.45, 7) is 1.80. The van der Waals surface area contributed by atoms with Crippen molar-refractivity contribution in [1.29, 1.82) is 0 Å². The number of halogens is 1. The number of methoxy groups -OCH3 is 1. The fourth-order valence-electron chi connectivity index (χ4n) is 2.56. The summed E-state index contributed by atoms with van der Waals surface area (Å²) in [4.78, 5) is 4.28. The topological polar surface area (TPSA) is 91.8 Å². The standard InChI is InChI=1S/C20H27FN4O3S/c1-22-20(23-10-5-11-28-2)24-14-17-7-4-9-19(13-17)29(26,27)25-15-16-6-3-8-18(21)12-16/h3-4,6-9,12-13,25H,5,10-11,14-15H2,1-2H3,(H2,22,23,24). The van der Waals surface area contributed by atoms with E-state index in [-0.39, 0.29) is 11.4 Å². The molecule has 0 aromatic heterocycles. The zero-order chi connectivity index (χ0) is 21.1. The zero-order valence-electron chi connectivity index (χ0n) is 16.6. The van der Waals surface area contributed by atoms with Gasteiger partial charge in [0.1, 0.15) is 5.82 Å². The highest BCUT2D eigenvalue weighted by Gasteiger charge is 2.14. The quantitative estimate of drug-likeness (QED) is 0.310. The molecule has 158 valence electrons. The monoisotopic (exact) mass is 422 g/mol. The Bertz CT molecular complexity index is 919. The molecule has 0 atom stereocenters. The Morgan fingerprint density at radius 3 is 2.48 bits per heavy atom. The highest BCUT2D eigenvalue weighted by Crippen LogP contribution is 2.13. The lowest BCUT2D eigenvalue weighted by molar-refractivity contribution is 0.195. The Balaban J connectivity index is 1.95. The number of hydrogen-bond acceptors (Lipinski definition) is 4. The summed E-state index contributed by atoms with van der Waals surface area (Å²) >= 11 is 0. The highest BCUT2D eigenvalue weighted by atomic mass is 32.2. The second kappa shape index (κ2) is 11.5. The summed E-state index contributed by atoms with van der Waals surface area (Å²) in [5, 5.41) is 6.31. The molecule has 0 aliphatic carbocycles. The van der Waals surface area contributed by atoms with Crippen molar-refractivity contribution < 1.29 is 17.5 Å². The van der Waals surface area contributed by atoms with Crippen LogP contribution in [0.5, 0.6) is 0 Å². The fourth-order valence-corrected chi connectivity index (χ4v) is 3.65. The average molecular weight is 423 g/mol. The number of sulfonamides is 1. The van der Waals surface area contributed by atoms with E-state index in [0.717, 1.165) is 12.0 Å². The summed E-state index contributed by atoms with van der Waals surface area (Å²) in [5.74, 6) is 0.220. The van der Waals surface area contributed by atoms with Crippen molar-refractivity contribution in [3.8, 4) is 0 Å². The number of ether oxygens (including phenoxy) is 1. The van der Waals surface area contributed by atoms with Crippen molar-refractivity contribution in [2.24, 2.45) is 4.99 Å². The smallest absolute Gasteiger partial charge is 0.240 e. The third kappa shape index (κ3) is 7.80. The molecule has 7 nitrogen and oxygen atoms in total. The molecular formula is C20H27FN4O3S. The molecule has 0 heterocycles. The first kappa shape index (κ1) is 22.8. The summed E-state index contributed by atoms with van der Waals surface area (Å²) < 4.78 is 45.9. The molecule has 0 aliphatic rings. The Morgan fingerprint density at radius 1 is 1.07 bits per heavy atom. The van der Waals surface area contributed by atoms with Gasteiger partial charge in [-0.25, -0.2) is 17.5 Å². The normalized spacial score (nSPS) is 12.0. The molecule has 0 saturated heterocycles. The first-order chi connectivity index (χ1) is 13.9. The maximum absolute atomic E-state index is 13.3. The second-order valence-electron chi connectivity index (χ2n) is 6.30. The number of rotatable bonds is 10. The van der Waals surface area contributed by atoms with Crippen molar-refractivity contribution in [3.63, 3.8) is 0 Å². The van der Waals surface area contributed by atoms with Gasteiger partial charge < -0.3 is 15.4 Å². The molecule has 2 aromatic carbocycles. The number of guanidine groups is 1. The largest absolute Gasteiger partial charge is 0.385 e. The molecule has 0 bridgehead atoms. The molecule has 0 unspecified atom stereocenters. The predicted octanol–water partition coefficient (Wildman–Crippen LogP) is 2.01. The van der Waals surface area contributed by atoms with E-state index in [4.69, 9.17) is 4.74 Å². The lowest BCUT2D eigenvalue weighted by atomic mass is 10.2. The maximum Gasteiger partial charge on any atom is 0.240 e. The number of aliphatic imine (C=N–C) groups is 1. The van der Waals surface area contributed by atoms with Crippen molar-refractivity contribution in [2.75, 3.05) is 27.3 Å². The number of nitrogens with zero attached hydrogens (tertiary/aromatic N) is 1. The van der Waals surface area contributed by atoms with Gasteiger partial charge in [0.25, 0.3) is 0 Å². The highest BCUT2D eigenvalue weighted by molar-refractivity contribution is 7.89. The molecule has 3 N–H and O–H groups in total. The van der Waals surface area contributed by atoms with Crippen molar-refractivity contribution in [3.05, 3.63) is 65.5 Å². The van der Waals surface area contributed by atoms with E-state index in [2.05, 4.69) is 20.3 Å². The van der Waals surface area contributed by atoms with Crippen LogP contribution in [0.15, 0.2) is 58.4 Å². The van der Waals surface area contributed by atoms with Crippen LogP contribution in [0.25, 0.3) is 0 Å².